The molecule has 6 heteroatoms. The van der Waals surface area contributed by atoms with Crippen LogP contribution in [0.25, 0.3) is 0 Å². The van der Waals surface area contributed by atoms with Gasteiger partial charge in [-0.25, -0.2) is 0 Å². The van der Waals surface area contributed by atoms with E-state index in [-0.39, 0.29) is 30.8 Å². The second-order valence-electron chi connectivity index (χ2n) is 9.12. The Morgan fingerprint density at radius 2 is 1.57 bits per heavy atom. The monoisotopic (exact) mass is 508 g/mol. The van der Waals surface area contributed by atoms with Gasteiger partial charge in [0, 0.05) is 29.1 Å². The van der Waals surface area contributed by atoms with Crippen molar-refractivity contribution in [3.8, 4) is 0 Å². The van der Waals surface area contributed by atoms with E-state index >= 15 is 0 Å². The van der Waals surface area contributed by atoms with E-state index in [0.717, 1.165) is 42.4 Å². The van der Waals surface area contributed by atoms with Crippen LogP contribution in [0.3, 0.4) is 0 Å². The lowest BCUT2D eigenvalue weighted by molar-refractivity contribution is -0.141. The van der Waals surface area contributed by atoms with E-state index in [4.69, 9.17) is 23.2 Å². The molecule has 3 aromatic carbocycles. The first-order valence-corrected chi connectivity index (χ1v) is 12.9. The van der Waals surface area contributed by atoms with Gasteiger partial charge in [-0.05, 0) is 47.7 Å². The van der Waals surface area contributed by atoms with E-state index < -0.39 is 6.04 Å². The number of hydrogen-bond donors (Lipinski definition) is 1. The number of hydrogen-bond acceptors (Lipinski definition) is 2. The Kier molecular flexibility index (Phi) is 8.84. The third-order valence-corrected chi connectivity index (χ3v) is 7.12. The van der Waals surface area contributed by atoms with Crippen LogP contribution in [0, 0.1) is 0 Å². The zero-order valence-electron chi connectivity index (χ0n) is 19.6. The first kappa shape index (κ1) is 25.3. The summed E-state index contributed by atoms with van der Waals surface area (Å²) in [5.41, 5.74) is 2.61. The molecule has 4 nitrogen and oxygen atoms in total. The van der Waals surface area contributed by atoms with Crippen molar-refractivity contribution in [3.05, 3.63) is 106 Å². The summed E-state index contributed by atoms with van der Waals surface area (Å²) in [6.07, 6.45) is 4.73. The minimum absolute atomic E-state index is 0.113. The molecule has 182 valence electrons. The zero-order valence-corrected chi connectivity index (χ0v) is 21.1. The summed E-state index contributed by atoms with van der Waals surface area (Å²) >= 11 is 12.6. The maximum Gasteiger partial charge on any atom is 0.243 e. The van der Waals surface area contributed by atoms with Gasteiger partial charge in [0.05, 0.1) is 6.42 Å². The van der Waals surface area contributed by atoms with Crippen LogP contribution in [0.5, 0.6) is 0 Å². The highest BCUT2D eigenvalue weighted by Crippen LogP contribution is 2.23. The summed E-state index contributed by atoms with van der Waals surface area (Å²) in [4.78, 5) is 29.1. The van der Waals surface area contributed by atoms with Crippen LogP contribution in [0.15, 0.2) is 78.9 Å². The molecule has 0 spiro atoms. The predicted octanol–water partition coefficient (Wildman–Crippen LogP) is 6.23. The molecule has 35 heavy (non-hydrogen) atoms. The highest BCUT2D eigenvalue weighted by Gasteiger charge is 2.32. The lowest BCUT2D eigenvalue weighted by Crippen LogP contribution is -2.52. The van der Waals surface area contributed by atoms with Crippen LogP contribution in [-0.4, -0.2) is 28.8 Å². The maximum absolute atomic E-state index is 13.8. The predicted molar refractivity (Wildman–Crippen MR) is 141 cm³/mol. The number of benzene rings is 3. The third kappa shape index (κ3) is 7.09. The molecule has 0 saturated heterocycles. The van der Waals surface area contributed by atoms with Crippen molar-refractivity contribution in [2.45, 2.75) is 57.2 Å². The van der Waals surface area contributed by atoms with Crippen LogP contribution >= 0.6 is 23.2 Å². The number of nitrogens with one attached hydrogen (secondary N) is 1. The van der Waals surface area contributed by atoms with Crippen LogP contribution in [-0.2, 0) is 29.0 Å². The number of rotatable bonds is 9. The number of carbonyl (C=O) groups is 2. The minimum Gasteiger partial charge on any atom is -0.352 e. The third-order valence-electron chi connectivity index (χ3n) is 6.51. The van der Waals surface area contributed by atoms with Gasteiger partial charge in [0.2, 0.25) is 11.8 Å². The molecule has 0 aliphatic heterocycles. The van der Waals surface area contributed by atoms with Crippen molar-refractivity contribution in [3.63, 3.8) is 0 Å². The quantitative estimate of drug-likeness (QED) is 0.372. The molecule has 0 unspecified atom stereocenters. The zero-order chi connectivity index (χ0) is 24.6. The lowest BCUT2D eigenvalue weighted by atomic mass is 10.0. The molecule has 1 aliphatic carbocycles. The average Bonchev–Trinajstić information content (AvgIpc) is 3.36. The van der Waals surface area contributed by atoms with Crippen LogP contribution in [0.4, 0.5) is 0 Å². The van der Waals surface area contributed by atoms with Crippen molar-refractivity contribution < 1.29 is 9.59 Å². The van der Waals surface area contributed by atoms with Gasteiger partial charge in [-0.15, -0.1) is 0 Å². The van der Waals surface area contributed by atoms with E-state index in [1.165, 1.54) is 0 Å². The number of halogens is 2. The van der Waals surface area contributed by atoms with E-state index in [2.05, 4.69) is 5.32 Å². The van der Waals surface area contributed by atoms with E-state index in [1.54, 1.807) is 17.0 Å². The second kappa shape index (κ2) is 12.2. The molecule has 0 radical (unpaired) electrons. The lowest BCUT2D eigenvalue weighted by Gasteiger charge is -2.32. The Morgan fingerprint density at radius 3 is 2.29 bits per heavy atom. The van der Waals surface area contributed by atoms with Gasteiger partial charge in [-0.2, -0.15) is 0 Å². The fraction of sp³-hybridized carbons (Fsp3) is 0.310. The SMILES string of the molecule is O=C(NC1CCCC1)[C@H](Cc1ccccc1)N(Cc1cccc(Cl)c1)C(=O)Cc1ccccc1Cl. The van der Waals surface area contributed by atoms with Crippen molar-refractivity contribution in [1.82, 2.24) is 10.2 Å². The smallest absolute Gasteiger partial charge is 0.243 e. The Morgan fingerprint density at radius 1 is 0.886 bits per heavy atom. The van der Waals surface area contributed by atoms with E-state index in [0.29, 0.717) is 16.5 Å². The van der Waals surface area contributed by atoms with Gasteiger partial charge in [-0.3, -0.25) is 9.59 Å². The molecule has 0 bridgehead atoms. The van der Waals surface area contributed by atoms with Crippen molar-refractivity contribution in [2.24, 2.45) is 0 Å². The highest BCUT2D eigenvalue weighted by atomic mass is 35.5. The molecule has 3 aromatic rings. The molecule has 1 saturated carbocycles. The Hall–Kier alpha value is -2.82. The molecule has 1 N–H and O–H groups in total. The molecule has 1 aliphatic rings. The molecule has 1 atom stereocenters. The summed E-state index contributed by atoms with van der Waals surface area (Å²) in [5.74, 6) is -0.268. The Labute approximate surface area is 217 Å². The maximum atomic E-state index is 13.8. The van der Waals surface area contributed by atoms with Crippen molar-refractivity contribution >= 4 is 35.0 Å². The van der Waals surface area contributed by atoms with Crippen molar-refractivity contribution in [1.29, 1.82) is 0 Å². The summed E-state index contributed by atoms with van der Waals surface area (Å²) in [6.45, 7) is 0.277. The molecule has 0 aromatic heterocycles. The molecule has 0 heterocycles. The van der Waals surface area contributed by atoms with Crippen molar-refractivity contribution in [2.75, 3.05) is 0 Å². The van der Waals surface area contributed by atoms with E-state index in [9.17, 15) is 9.59 Å². The van der Waals surface area contributed by atoms with Gasteiger partial charge >= 0.3 is 0 Å². The molecular weight excluding hydrogens is 479 g/mol. The van der Waals surface area contributed by atoms with Gasteiger partial charge in [0.15, 0.2) is 0 Å². The number of nitrogens with zero attached hydrogens (tertiary/aromatic N) is 1. The summed E-state index contributed by atoms with van der Waals surface area (Å²) in [6, 6.07) is 24.1. The topological polar surface area (TPSA) is 49.4 Å². The van der Waals surface area contributed by atoms with Crippen LogP contribution in [0.1, 0.15) is 42.4 Å². The fourth-order valence-corrected chi connectivity index (χ4v) is 5.08. The fourth-order valence-electron chi connectivity index (χ4n) is 4.66. The van der Waals surface area contributed by atoms with Crippen LogP contribution in [0.2, 0.25) is 10.0 Å². The van der Waals surface area contributed by atoms with Gasteiger partial charge in [-0.1, -0.05) is 96.7 Å². The average molecular weight is 509 g/mol. The normalized spacial score (nSPS) is 14.5. The van der Waals surface area contributed by atoms with E-state index in [1.807, 2.05) is 66.7 Å². The first-order chi connectivity index (χ1) is 17.0. The summed E-state index contributed by atoms with van der Waals surface area (Å²) in [7, 11) is 0. The second-order valence-corrected chi connectivity index (χ2v) is 9.96. The number of carbonyl (C=O) groups excluding carboxylic acids is 2. The van der Waals surface area contributed by atoms with Crippen LogP contribution < -0.4 is 5.32 Å². The Bertz CT molecular complexity index is 1150. The molecular formula is C29H30Cl2N2O2. The Balaban J connectivity index is 1.67. The van der Waals surface area contributed by atoms with Gasteiger partial charge in [0.25, 0.3) is 0 Å². The number of amides is 2. The van der Waals surface area contributed by atoms with Gasteiger partial charge < -0.3 is 10.2 Å². The van der Waals surface area contributed by atoms with Gasteiger partial charge in [0.1, 0.15) is 6.04 Å². The first-order valence-electron chi connectivity index (χ1n) is 12.1. The summed E-state index contributed by atoms with van der Waals surface area (Å²) < 4.78 is 0. The molecule has 4 rings (SSSR count). The highest BCUT2D eigenvalue weighted by molar-refractivity contribution is 6.31. The largest absolute Gasteiger partial charge is 0.352 e. The summed E-state index contributed by atoms with van der Waals surface area (Å²) in [5, 5.41) is 4.36. The standard InChI is InChI=1S/C29H30Cl2N2O2/c30-24-13-8-11-22(17-24)20-33(28(34)19-23-12-4-7-16-26(23)31)27(18-21-9-2-1-3-10-21)29(35)32-25-14-5-6-15-25/h1-4,7-13,16-17,25,27H,5-6,14-15,18-20H2,(H,32,35)/t27-/m0/s1. The molecule has 2 amide bonds. The molecule has 1 fully saturated rings. The minimum atomic E-state index is -0.660.